The van der Waals surface area contributed by atoms with Crippen LogP contribution in [0.5, 0.6) is 5.75 Å². The Balaban J connectivity index is 1.59. The summed E-state index contributed by atoms with van der Waals surface area (Å²) in [4.78, 5) is 24.6. The van der Waals surface area contributed by atoms with Crippen molar-refractivity contribution in [2.45, 2.75) is 18.4 Å². The zero-order chi connectivity index (χ0) is 23.1. The van der Waals surface area contributed by atoms with Crippen LogP contribution in [-0.4, -0.2) is 64.6 Å². The number of sulfonamides is 1. The summed E-state index contributed by atoms with van der Waals surface area (Å²) in [6.07, 6.45) is 0. The number of hydrogen-bond acceptors (Lipinski definition) is 7. The second kappa shape index (κ2) is 10.6. The Morgan fingerprint density at radius 2 is 1.78 bits per heavy atom. The van der Waals surface area contributed by atoms with Gasteiger partial charge in [0.05, 0.1) is 30.8 Å². The van der Waals surface area contributed by atoms with E-state index in [1.807, 2.05) is 12.1 Å². The lowest BCUT2D eigenvalue weighted by Gasteiger charge is -2.26. The number of nitrogens with one attached hydrogen (secondary N) is 1. The molecule has 2 aromatic carbocycles. The molecule has 1 amide bonds. The third-order valence-electron chi connectivity index (χ3n) is 5.02. The van der Waals surface area contributed by atoms with E-state index < -0.39 is 28.5 Å². The molecule has 0 bridgehead atoms. The van der Waals surface area contributed by atoms with Crippen LogP contribution in [0.1, 0.15) is 21.5 Å². The van der Waals surface area contributed by atoms with Crippen LogP contribution in [0.15, 0.2) is 47.4 Å². The highest BCUT2D eigenvalue weighted by Gasteiger charge is 2.27. The van der Waals surface area contributed by atoms with Crippen molar-refractivity contribution >= 4 is 21.9 Å². The Kier molecular flexibility index (Phi) is 7.84. The highest BCUT2D eigenvalue weighted by atomic mass is 32.2. The molecular formula is C22H26N2O7S. The smallest absolute Gasteiger partial charge is 0.338 e. The second-order valence-corrected chi connectivity index (χ2v) is 9.13. The Hall–Kier alpha value is -2.95. The first-order valence-electron chi connectivity index (χ1n) is 10.1. The minimum absolute atomic E-state index is 0.000840. The van der Waals surface area contributed by atoms with E-state index in [0.29, 0.717) is 24.5 Å². The third kappa shape index (κ3) is 5.84. The zero-order valence-corrected chi connectivity index (χ0v) is 18.8. The number of hydrogen-bond donors (Lipinski definition) is 1. The van der Waals surface area contributed by atoms with Crippen molar-refractivity contribution in [2.75, 3.05) is 40.0 Å². The molecule has 1 aliphatic heterocycles. The van der Waals surface area contributed by atoms with Crippen molar-refractivity contribution in [2.24, 2.45) is 0 Å². The molecule has 3 rings (SSSR count). The number of methoxy groups -OCH3 is 1. The molecule has 0 unspecified atom stereocenters. The van der Waals surface area contributed by atoms with E-state index in [9.17, 15) is 18.0 Å². The van der Waals surface area contributed by atoms with Crippen LogP contribution in [0.4, 0.5) is 0 Å². The summed E-state index contributed by atoms with van der Waals surface area (Å²) in [5.41, 5.74) is 1.51. The quantitative estimate of drug-likeness (QED) is 0.592. The molecule has 1 fully saturated rings. The number of carbonyl (C=O) groups is 2. The highest BCUT2D eigenvalue weighted by Crippen LogP contribution is 2.21. The standard InChI is InChI=1S/C22H26N2O7S/c1-16-3-8-19(32(27,28)24-9-11-30-12-10-24)13-20(16)22(26)31-15-21(25)23-14-17-4-6-18(29-2)7-5-17/h3-8,13H,9-12,14-15H2,1-2H3,(H,23,25). The summed E-state index contributed by atoms with van der Waals surface area (Å²) in [6, 6.07) is 11.5. The Morgan fingerprint density at radius 3 is 2.44 bits per heavy atom. The predicted octanol–water partition coefficient (Wildman–Crippen LogP) is 1.50. The molecule has 2 aromatic rings. The number of amides is 1. The minimum Gasteiger partial charge on any atom is -0.497 e. The van der Waals surface area contributed by atoms with Crippen LogP contribution in [0, 0.1) is 6.92 Å². The lowest BCUT2D eigenvalue weighted by molar-refractivity contribution is -0.124. The average Bonchev–Trinajstić information content (AvgIpc) is 2.82. The van der Waals surface area contributed by atoms with Gasteiger partial charge in [-0.2, -0.15) is 4.31 Å². The van der Waals surface area contributed by atoms with Gasteiger partial charge in [0.1, 0.15) is 5.75 Å². The van der Waals surface area contributed by atoms with Gasteiger partial charge in [-0.3, -0.25) is 4.79 Å². The van der Waals surface area contributed by atoms with Crippen molar-refractivity contribution in [1.82, 2.24) is 9.62 Å². The number of aryl methyl sites for hydroxylation is 1. The molecule has 0 saturated carbocycles. The van der Waals surface area contributed by atoms with Gasteiger partial charge in [-0.15, -0.1) is 0 Å². The Bertz CT molecular complexity index is 1060. The van der Waals surface area contributed by atoms with E-state index in [4.69, 9.17) is 14.2 Å². The van der Waals surface area contributed by atoms with Gasteiger partial charge in [0.25, 0.3) is 5.91 Å². The van der Waals surface area contributed by atoms with E-state index in [-0.39, 0.29) is 30.1 Å². The largest absolute Gasteiger partial charge is 0.497 e. The molecule has 0 aliphatic carbocycles. The first kappa shape index (κ1) is 23.7. The number of carbonyl (C=O) groups excluding carboxylic acids is 2. The first-order valence-corrected chi connectivity index (χ1v) is 11.5. The summed E-state index contributed by atoms with van der Waals surface area (Å²) in [6.45, 7) is 2.62. The summed E-state index contributed by atoms with van der Waals surface area (Å²) in [5, 5.41) is 2.67. The van der Waals surface area contributed by atoms with Gasteiger partial charge in [-0.25, -0.2) is 13.2 Å². The molecule has 10 heteroatoms. The molecule has 172 valence electrons. The van der Waals surface area contributed by atoms with Gasteiger partial charge in [0.15, 0.2) is 6.61 Å². The maximum atomic E-state index is 12.8. The molecule has 1 heterocycles. The van der Waals surface area contributed by atoms with Crippen LogP contribution >= 0.6 is 0 Å². The van der Waals surface area contributed by atoms with E-state index in [1.54, 1.807) is 32.2 Å². The lowest BCUT2D eigenvalue weighted by atomic mass is 10.1. The summed E-state index contributed by atoms with van der Waals surface area (Å²) in [5.74, 6) is -0.521. The molecule has 0 atom stereocenters. The maximum Gasteiger partial charge on any atom is 0.338 e. The fourth-order valence-corrected chi connectivity index (χ4v) is 4.56. The van der Waals surface area contributed by atoms with Crippen molar-refractivity contribution in [3.63, 3.8) is 0 Å². The predicted molar refractivity (Wildman–Crippen MR) is 116 cm³/mol. The summed E-state index contributed by atoms with van der Waals surface area (Å²) in [7, 11) is -2.18. The number of esters is 1. The van der Waals surface area contributed by atoms with Gasteiger partial charge < -0.3 is 19.5 Å². The zero-order valence-electron chi connectivity index (χ0n) is 18.0. The fraction of sp³-hybridized carbons (Fsp3) is 0.364. The molecule has 32 heavy (non-hydrogen) atoms. The molecule has 9 nitrogen and oxygen atoms in total. The van der Waals surface area contributed by atoms with Gasteiger partial charge in [-0.1, -0.05) is 18.2 Å². The van der Waals surface area contributed by atoms with Crippen molar-refractivity contribution < 1.29 is 32.2 Å². The topological polar surface area (TPSA) is 111 Å². The van der Waals surface area contributed by atoms with Gasteiger partial charge in [0.2, 0.25) is 10.0 Å². The Labute approximate surface area is 187 Å². The van der Waals surface area contributed by atoms with Crippen LogP contribution < -0.4 is 10.1 Å². The van der Waals surface area contributed by atoms with E-state index in [1.165, 1.54) is 16.4 Å². The van der Waals surface area contributed by atoms with Crippen LogP contribution in [0.25, 0.3) is 0 Å². The molecule has 0 radical (unpaired) electrons. The number of rotatable bonds is 8. The van der Waals surface area contributed by atoms with Gasteiger partial charge >= 0.3 is 5.97 Å². The third-order valence-corrected chi connectivity index (χ3v) is 6.91. The second-order valence-electron chi connectivity index (χ2n) is 7.19. The molecule has 1 aliphatic rings. The van der Waals surface area contributed by atoms with Crippen LogP contribution in [0.3, 0.4) is 0 Å². The summed E-state index contributed by atoms with van der Waals surface area (Å²) >= 11 is 0. The number of morpholine rings is 1. The average molecular weight is 463 g/mol. The van der Waals surface area contributed by atoms with Gasteiger partial charge in [0, 0.05) is 19.6 Å². The summed E-state index contributed by atoms with van der Waals surface area (Å²) < 4.78 is 42.4. The van der Waals surface area contributed by atoms with Crippen LogP contribution in [0.2, 0.25) is 0 Å². The Morgan fingerprint density at radius 1 is 1.09 bits per heavy atom. The lowest BCUT2D eigenvalue weighted by Crippen LogP contribution is -2.40. The number of nitrogens with zero attached hydrogens (tertiary/aromatic N) is 1. The van der Waals surface area contributed by atoms with Crippen molar-refractivity contribution in [3.05, 3.63) is 59.2 Å². The molecule has 1 N–H and O–H groups in total. The molecular weight excluding hydrogens is 436 g/mol. The molecule has 0 aromatic heterocycles. The van der Waals surface area contributed by atoms with Gasteiger partial charge in [-0.05, 0) is 42.3 Å². The van der Waals surface area contributed by atoms with Crippen molar-refractivity contribution in [3.8, 4) is 5.75 Å². The molecule has 0 spiro atoms. The maximum absolute atomic E-state index is 12.8. The number of benzene rings is 2. The SMILES string of the molecule is COc1ccc(CNC(=O)COC(=O)c2cc(S(=O)(=O)N3CCOCC3)ccc2C)cc1. The normalized spacial score (nSPS) is 14.6. The first-order chi connectivity index (χ1) is 15.3. The van der Waals surface area contributed by atoms with Crippen LogP contribution in [-0.2, 0) is 30.8 Å². The van der Waals surface area contributed by atoms with Crippen molar-refractivity contribution in [1.29, 1.82) is 0 Å². The fourth-order valence-electron chi connectivity index (χ4n) is 3.12. The van der Waals surface area contributed by atoms with E-state index in [2.05, 4.69) is 5.32 Å². The van der Waals surface area contributed by atoms with E-state index in [0.717, 1.165) is 5.56 Å². The minimum atomic E-state index is -3.75. The number of ether oxygens (including phenoxy) is 3. The molecule has 1 saturated heterocycles. The van der Waals surface area contributed by atoms with E-state index >= 15 is 0 Å². The highest BCUT2D eigenvalue weighted by molar-refractivity contribution is 7.89. The monoisotopic (exact) mass is 462 g/mol.